The SMILES string of the molecule is CC/C=C\C/C=C\C/C=C\C/C=C\C/C=C\C/C=C\C/C=C\C/C=C\C/C=C\CCCCCCCCCCCCCC(=O)OC(COC(=O)CCCCCCCCCCCCCCCCCCCCCCCCCCCCCCCCCCC)COP(=O)(O)OCCN. The molecule has 3 N–H and O–H groups in total. The van der Waals surface area contributed by atoms with Gasteiger partial charge in [-0.1, -0.05) is 386 Å². The molecule has 0 heterocycles. The van der Waals surface area contributed by atoms with Gasteiger partial charge in [-0.2, -0.15) is 0 Å². The largest absolute Gasteiger partial charge is 0.472 e. The van der Waals surface area contributed by atoms with Gasteiger partial charge in [0, 0.05) is 19.4 Å². The maximum Gasteiger partial charge on any atom is 0.472 e. The number of phosphoric acid groups is 1. The minimum atomic E-state index is -4.40. The van der Waals surface area contributed by atoms with Crippen LogP contribution in [0.15, 0.2) is 109 Å². The third kappa shape index (κ3) is 77.6. The van der Waals surface area contributed by atoms with Gasteiger partial charge in [-0.25, -0.2) is 4.57 Å². The molecule has 0 amide bonds. The minimum Gasteiger partial charge on any atom is -0.462 e. The summed E-state index contributed by atoms with van der Waals surface area (Å²) in [7, 11) is -4.40. The number of phosphoric ester groups is 1. The molecular weight excluding hydrogens is 1170 g/mol. The van der Waals surface area contributed by atoms with Gasteiger partial charge >= 0.3 is 19.8 Å². The summed E-state index contributed by atoms with van der Waals surface area (Å²) in [6.07, 6.45) is 108. The van der Waals surface area contributed by atoms with Crippen molar-refractivity contribution in [1.29, 1.82) is 0 Å². The molecule has 0 saturated carbocycles. The average Bonchev–Trinajstić information content (AvgIpc) is 3.60. The zero-order valence-corrected chi connectivity index (χ0v) is 61.6. The first-order chi connectivity index (χ1) is 45.8. The molecule has 0 aliphatic rings. The number of nitrogens with two attached hydrogens (primary N) is 1. The second-order valence-electron chi connectivity index (χ2n) is 26.2. The molecule has 0 aromatic heterocycles. The van der Waals surface area contributed by atoms with Crippen molar-refractivity contribution in [2.24, 2.45) is 5.73 Å². The molecule has 0 aliphatic carbocycles. The lowest BCUT2D eigenvalue weighted by Gasteiger charge is -2.19. The molecule has 0 aliphatic heterocycles. The Balaban J connectivity index is 3.85. The van der Waals surface area contributed by atoms with E-state index in [9.17, 15) is 19.0 Å². The van der Waals surface area contributed by atoms with Crippen LogP contribution in [-0.2, 0) is 32.7 Å². The molecule has 2 unspecified atom stereocenters. The van der Waals surface area contributed by atoms with Crippen LogP contribution in [0, 0.1) is 0 Å². The fraction of sp³-hybridized carbons (Fsp3) is 0.759. The van der Waals surface area contributed by atoms with E-state index in [0.717, 1.165) is 103 Å². The summed E-state index contributed by atoms with van der Waals surface area (Å²) in [5, 5.41) is 0. The van der Waals surface area contributed by atoms with Gasteiger partial charge in [0.2, 0.25) is 0 Å². The standard InChI is InChI=1S/C83H148NO8P/c1-3-5-7-9-11-13-15-17-19-21-23-25-27-29-31-33-35-37-38-39-40-41-42-44-46-48-50-52-54-56-58-60-62-64-66-68-70-72-74-76-83(86)92-81(80-91-93(87,88)90-78-77-84)79-89-82(85)75-73-71-69-67-65-63-61-59-57-55-53-51-49-47-45-43-36-34-32-30-28-26-24-22-20-18-16-14-12-10-8-6-4-2/h5,7,11,13,17,19,23,25,29,31,35,37,39-40,42,44,48,50,81H,3-4,6,8-10,12,14-16,18,20-22,24,26-28,30,32-34,36,38,41,43,45-47,49,51-80,84H2,1-2H3,(H,87,88)/b7-5-,13-11-,19-17-,25-23-,31-29-,37-35-,40-39-,44-42-,50-48-. The maximum atomic E-state index is 12.8. The first-order valence-electron chi connectivity index (χ1n) is 39.4. The second kappa shape index (κ2) is 77.7. The number of allylic oxidation sites excluding steroid dienone is 18. The molecule has 10 heteroatoms. The number of carbonyl (C=O) groups is 2. The molecule has 0 radical (unpaired) electrons. The molecule has 0 aromatic carbocycles. The lowest BCUT2D eigenvalue weighted by Crippen LogP contribution is -2.29. The zero-order chi connectivity index (χ0) is 67.2. The van der Waals surface area contributed by atoms with Gasteiger partial charge in [0.1, 0.15) is 6.61 Å². The van der Waals surface area contributed by atoms with E-state index in [4.69, 9.17) is 24.3 Å². The molecule has 0 bridgehead atoms. The molecule has 2 atom stereocenters. The van der Waals surface area contributed by atoms with Gasteiger partial charge < -0.3 is 20.1 Å². The van der Waals surface area contributed by atoms with Crippen LogP contribution in [0.3, 0.4) is 0 Å². The van der Waals surface area contributed by atoms with Crippen LogP contribution in [0.1, 0.15) is 373 Å². The van der Waals surface area contributed by atoms with E-state index in [1.54, 1.807) is 0 Å². The summed E-state index contributed by atoms with van der Waals surface area (Å²) in [5.74, 6) is -0.819. The normalized spacial score (nSPS) is 13.5. The fourth-order valence-electron chi connectivity index (χ4n) is 11.4. The fourth-order valence-corrected chi connectivity index (χ4v) is 12.2. The lowest BCUT2D eigenvalue weighted by molar-refractivity contribution is -0.161. The number of unbranched alkanes of at least 4 members (excludes halogenated alkanes) is 43. The van der Waals surface area contributed by atoms with E-state index >= 15 is 0 Å². The summed E-state index contributed by atoms with van der Waals surface area (Å²) in [4.78, 5) is 35.5. The molecule has 538 valence electrons. The Bertz CT molecular complexity index is 1900. The summed E-state index contributed by atoms with van der Waals surface area (Å²) in [6, 6.07) is 0. The second-order valence-corrected chi connectivity index (χ2v) is 27.7. The lowest BCUT2D eigenvalue weighted by atomic mass is 10.0. The third-order valence-electron chi connectivity index (χ3n) is 17.2. The highest BCUT2D eigenvalue weighted by Gasteiger charge is 2.26. The number of esters is 2. The number of carbonyl (C=O) groups excluding carboxylic acids is 2. The molecular formula is C83H148NO8P. The Hall–Kier alpha value is -3.33. The molecule has 0 fully saturated rings. The Morgan fingerprint density at radius 2 is 0.591 bits per heavy atom. The monoisotopic (exact) mass is 1320 g/mol. The van der Waals surface area contributed by atoms with E-state index in [0.29, 0.717) is 6.42 Å². The van der Waals surface area contributed by atoms with Crippen LogP contribution in [0.25, 0.3) is 0 Å². The van der Waals surface area contributed by atoms with Crippen molar-refractivity contribution in [3.8, 4) is 0 Å². The van der Waals surface area contributed by atoms with Crippen molar-refractivity contribution in [2.45, 2.75) is 380 Å². The van der Waals surface area contributed by atoms with Crippen LogP contribution < -0.4 is 5.73 Å². The van der Waals surface area contributed by atoms with Crippen molar-refractivity contribution in [2.75, 3.05) is 26.4 Å². The quantitative estimate of drug-likeness (QED) is 0.0264. The molecule has 93 heavy (non-hydrogen) atoms. The van der Waals surface area contributed by atoms with Crippen LogP contribution in [-0.4, -0.2) is 49.3 Å². The smallest absolute Gasteiger partial charge is 0.462 e. The molecule has 0 aromatic rings. The van der Waals surface area contributed by atoms with Gasteiger partial charge in [0.05, 0.1) is 13.2 Å². The minimum absolute atomic E-state index is 0.0507. The average molecular weight is 1320 g/mol. The number of hydrogen-bond donors (Lipinski definition) is 2. The Morgan fingerprint density at radius 3 is 0.882 bits per heavy atom. The van der Waals surface area contributed by atoms with Gasteiger partial charge in [0.15, 0.2) is 6.10 Å². The van der Waals surface area contributed by atoms with Gasteiger partial charge in [-0.05, 0) is 83.5 Å². The van der Waals surface area contributed by atoms with Gasteiger partial charge in [0.25, 0.3) is 0 Å². The van der Waals surface area contributed by atoms with E-state index in [1.165, 1.54) is 238 Å². The van der Waals surface area contributed by atoms with Crippen molar-refractivity contribution >= 4 is 19.8 Å². The van der Waals surface area contributed by atoms with Crippen molar-refractivity contribution in [1.82, 2.24) is 0 Å². The Kier molecular flexibility index (Phi) is 74.9. The molecule has 0 spiro atoms. The van der Waals surface area contributed by atoms with Gasteiger partial charge in [-0.15, -0.1) is 0 Å². The maximum absolute atomic E-state index is 12.8. The highest BCUT2D eigenvalue weighted by Crippen LogP contribution is 2.43. The summed E-state index contributed by atoms with van der Waals surface area (Å²) in [6.45, 7) is 3.68. The van der Waals surface area contributed by atoms with Crippen LogP contribution >= 0.6 is 7.82 Å². The Labute approximate surface area is 575 Å². The highest BCUT2D eigenvalue weighted by atomic mass is 31.2. The molecule has 9 nitrogen and oxygen atoms in total. The molecule has 0 saturated heterocycles. The van der Waals surface area contributed by atoms with Crippen molar-refractivity contribution in [3.63, 3.8) is 0 Å². The van der Waals surface area contributed by atoms with Crippen LogP contribution in [0.5, 0.6) is 0 Å². The number of ether oxygens (including phenoxy) is 2. The van der Waals surface area contributed by atoms with E-state index in [1.807, 2.05) is 0 Å². The molecule has 0 rings (SSSR count). The summed E-state index contributed by atoms with van der Waals surface area (Å²) < 4.78 is 33.3. The first kappa shape index (κ1) is 89.7. The van der Waals surface area contributed by atoms with Crippen molar-refractivity contribution in [3.05, 3.63) is 109 Å². The van der Waals surface area contributed by atoms with Crippen LogP contribution in [0.4, 0.5) is 0 Å². The predicted octanol–water partition coefficient (Wildman–Crippen LogP) is 26.4. The van der Waals surface area contributed by atoms with Crippen LogP contribution in [0.2, 0.25) is 0 Å². The summed E-state index contributed by atoms with van der Waals surface area (Å²) >= 11 is 0. The highest BCUT2D eigenvalue weighted by molar-refractivity contribution is 7.47. The van der Waals surface area contributed by atoms with E-state index in [2.05, 4.69) is 123 Å². The Morgan fingerprint density at radius 1 is 0.333 bits per heavy atom. The van der Waals surface area contributed by atoms with E-state index < -0.39 is 26.5 Å². The number of hydrogen-bond acceptors (Lipinski definition) is 8. The summed E-state index contributed by atoms with van der Waals surface area (Å²) in [5.41, 5.74) is 5.41. The topological polar surface area (TPSA) is 134 Å². The third-order valence-corrected chi connectivity index (χ3v) is 18.2. The van der Waals surface area contributed by atoms with Gasteiger partial charge in [-0.3, -0.25) is 18.6 Å². The van der Waals surface area contributed by atoms with E-state index in [-0.39, 0.29) is 38.6 Å². The van der Waals surface area contributed by atoms with Crippen molar-refractivity contribution < 1.29 is 37.6 Å². The predicted molar refractivity (Wildman–Crippen MR) is 404 cm³/mol. The number of rotatable bonds is 74. The first-order valence-corrected chi connectivity index (χ1v) is 40.9. The zero-order valence-electron chi connectivity index (χ0n) is 60.7.